The molecule has 0 saturated carbocycles. The second-order valence-corrected chi connectivity index (χ2v) is 9.23. The molecule has 34 heavy (non-hydrogen) atoms. The van der Waals surface area contributed by atoms with Crippen LogP contribution in [0.15, 0.2) is 48.5 Å². The van der Waals surface area contributed by atoms with Gasteiger partial charge in [0.15, 0.2) is 23.3 Å². The fraction of sp³-hybridized carbons (Fsp3) is 0.379. The van der Waals surface area contributed by atoms with Crippen LogP contribution in [0.1, 0.15) is 62.7 Å². The number of ether oxygens (including phenoxy) is 1. The van der Waals surface area contributed by atoms with E-state index in [1.54, 1.807) is 36.4 Å². The molecule has 2 atom stereocenters. The maximum Gasteiger partial charge on any atom is 0.167 e. The molecule has 1 fully saturated rings. The number of aryl methyl sites for hydroxylation is 1. The van der Waals surface area contributed by atoms with Gasteiger partial charge in [-0.1, -0.05) is 74.7 Å². The maximum atomic E-state index is 15.0. The Morgan fingerprint density at radius 2 is 1.35 bits per heavy atom. The van der Waals surface area contributed by atoms with Crippen LogP contribution in [-0.4, -0.2) is 6.61 Å². The minimum Gasteiger partial charge on any atom is -0.373 e. The molecule has 0 radical (unpaired) electrons. The zero-order valence-electron chi connectivity index (χ0n) is 19.6. The van der Waals surface area contributed by atoms with E-state index < -0.39 is 29.4 Å². The summed E-state index contributed by atoms with van der Waals surface area (Å²) in [6, 6.07) is 12.5. The molecule has 3 aromatic rings. The lowest BCUT2D eigenvalue weighted by molar-refractivity contribution is -0.0218. The normalized spacial score (nSPS) is 18.3. The number of rotatable bonds is 7. The van der Waals surface area contributed by atoms with E-state index >= 15 is 8.78 Å². The largest absolute Gasteiger partial charge is 0.373 e. The summed E-state index contributed by atoms with van der Waals surface area (Å²) >= 11 is 0. The highest BCUT2D eigenvalue weighted by Gasteiger charge is 2.27. The van der Waals surface area contributed by atoms with Crippen molar-refractivity contribution in [3.63, 3.8) is 0 Å². The molecule has 5 heteroatoms. The second kappa shape index (κ2) is 10.7. The Hall–Kier alpha value is -2.66. The smallest absolute Gasteiger partial charge is 0.167 e. The van der Waals surface area contributed by atoms with Gasteiger partial charge in [0.2, 0.25) is 0 Å². The molecule has 0 spiro atoms. The van der Waals surface area contributed by atoms with Crippen LogP contribution in [-0.2, 0) is 4.74 Å². The third kappa shape index (κ3) is 5.05. The molecule has 0 N–H and O–H groups in total. The highest BCUT2D eigenvalue weighted by Crippen LogP contribution is 2.37. The molecule has 1 heterocycles. The summed E-state index contributed by atoms with van der Waals surface area (Å²) in [7, 11) is 0. The molecule has 3 aromatic carbocycles. The van der Waals surface area contributed by atoms with Gasteiger partial charge >= 0.3 is 0 Å². The van der Waals surface area contributed by atoms with Gasteiger partial charge < -0.3 is 4.74 Å². The molecule has 4 rings (SSSR count). The molecule has 1 aliphatic rings. The van der Waals surface area contributed by atoms with Crippen molar-refractivity contribution in [3.05, 3.63) is 82.9 Å². The van der Waals surface area contributed by atoms with Crippen molar-refractivity contribution in [2.45, 2.75) is 58.5 Å². The number of halogens is 4. The number of benzene rings is 3. The van der Waals surface area contributed by atoms with Crippen molar-refractivity contribution in [1.82, 2.24) is 0 Å². The molecule has 1 nitrogen and oxygen atoms in total. The fourth-order valence-electron chi connectivity index (χ4n) is 4.70. The molecule has 0 bridgehead atoms. The lowest BCUT2D eigenvalue weighted by atomic mass is 9.90. The summed E-state index contributed by atoms with van der Waals surface area (Å²) in [6.45, 7) is 4.25. The Kier molecular flexibility index (Phi) is 7.72. The summed E-state index contributed by atoms with van der Waals surface area (Å²) in [6.07, 6.45) is 5.88. The molecule has 0 aromatic heterocycles. The van der Waals surface area contributed by atoms with Gasteiger partial charge in [-0.2, -0.15) is 0 Å². The molecular formula is C29H30F4O. The zero-order valence-corrected chi connectivity index (χ0v) is 19.6. The predicted molar refractivity (Wildman–Crippen MR) is 127 cm³/mol. The Labute approximate surface area is 198 Å². The van der Waals surface area contributed by atoms with E-state index in [-0.39, 0.29) is 22.3 Å². The Morgan fingerprint density at radius 3 is 1.94 bits per heavy atom. The number of hydrogen-bond acceptors (Lipinski definition) is 1. The monoisotopic (exact) mass is 470 g/mol. The van der Waals surface area contributed by atoms with Crippen molar-refractivity contribution >= 4 is 0 Å². The fourth-order valence-corrected chi connectivity index (χ4v) is 4.70. The molecule has 1 aliphatic heterocycles. The lowest BCUT2D eigenvalue weighted by Gasteiger charge is -2.29. The summed E-state index contributed by atoms with van der Waals surface area (Å²) in [5, 5.41) is 0. The first-order valence-electron chi connectivity index (χ1n) is 12.1. The van der Waals surface area contributed by atoms with Crippen LogP contribution in [0.3, 0.4) is 0 Å². The van der Waals surface area contributed by atoms with Gasteiger partial charge in [-0.05, 0) is 48.8 Å². The number of hydrogen-bond donors (Lipinski definition) is 0. The number of unbranched alkanes of at least 4 members (excludes halogenated alkanes) is 2. The Bertz CT molecular complexity index is 1130. The van der Waals surface area contributed by atoms with Crippen LogP contribution in [0, 0.1) is 36.1 Å². The topological polar surface area (TPSA) is 9.23 Å². The first-order valence-corrected chi connectivity index (χ1v) is 12.1. The van der Waals surface area contributed by atoms with E-state index in [9.17, 15) is 8.78 Å². The van der Waals surface area contributed by atoms with Gasteiger partial charge in [-0.25, -0.2) is 17.6 Å². The first kappa shape index (κ1) is 24.5. The summed E-state index contributed by atoms with van der Waals surface area (Å²) in [5.74, 6) is -3.13. The van der Waals surface area contributed by atoms with E-state index in [1.165, 1.54) is 38.3 Å². The molecule has 180 valence electrons. The van der Waals surface area contributed by atoms with Crippen molar-refractivity contribution < 1.29 is 22.3 Å². The van der Waals surface area contributed by atoms with Crippen LogP contribution in [0.25, 0.3) is 22.3 Å². The molecule has 0 aliphatic carbocycles. The van der Waals surface area contributed by atoms with Crippen molar-refractivity contribution in [2.75, 3.05) is 6.61 Å². The Morgan fingerprint density at radius 1 is 0.735 bits per heavy atom. The van der Waals surface area contributed by atoms with E-state index in [2.05, 4.69) is 6.92 Å². The summed E-state index contributed by atoms with van der Waals surface area (Å²) < 4.78 is 64.2. The average Bonchev–Trinajstić information content (AvgIpc) is 2.85. The molecular weight excluding hydrogens is 440 g/mol. The second-order valence-electron chi connectivity index (χ2n) is 9.23. The third-order valence-corrected chi connectivity index (χ3v) is 6.83. The summed E-state index contributed by atoms with van der Waals surface area (Å²) in [4.78, 5) is 0. The van der Waals surface area contributed by atoms with Gasteiger partial charge in [-0.3, -0.25) is 0 Å². The first-order chi connectivity index (χ1) is 16.4. The average molecular weight is 471 g/mol. The van der Waals surface area contributed by atoms with E-state index in [1.807, 2.05) is 0 Å². The van der Waals surface area contributed by atoms with Crippen LogP contribution in [0.5, 0.6) is 0 Å². The van der Waals surface area contributed by atoms with Crippen LogP contribution in [0.4, 0.5) is 17.6 Å². The molecule has 1 saturated heterocycles. The highest BCUT2D eigenvalue weighted by molar-refractivity contribution is 5.71. The lowest BCUT2D eigenvalue weighted by Crippen LogP contribution is -2.21. The maximum absolute atomic E-state index is 15.0. The van der Waals surface area contributed by atoms with Crippen molar-refractivity contribution in [1.29, 1.82) is 0 Å². The molecule has 2 unspecified atom stereocenters. The van der Waals surface area contributed by atoms with E-state index in [4.69, 9.17) is 4.74 Å². The standard InChI is InChI=1S/C29H30F4O/c1-3-4-5-6-19-8-16-25(34-17-19)24-15-14-23(28(32)29(24)33)21-11-9-20(10-12-21)22-13-7-18(2)26(30)27(22)31/h7,9-15,19,25H,3-6,8,16-17H2,1-2H3. The van der Waals surface area contributed by atoms with Crippen molar-refractivity contribution in [2.24, 2.45) is 5.92 Å². The quantitative estimate of drug-likeness (QED) is 0.247. The van der Waals surface area contributed by atoms with Gasteiger partial charge in [0.05, 0.1) is 12.7 Å². The van der Waals surface area contributed by atoms with Crippen LogP contribution >= 0.6 is 0 Å². The van der Waals surface area contributed by atoms with Gasteiger partial charge in [0.1, 0.15) is 0 Å². The van der Waals surface area contributed by atoms with E-state index in [0.717, 1.165) is 12.8 Å². The zero-order chi connectivity index (χ0) is 24.2. The predicted octanol–water partition coefficient (Wildman–Crippen LogP) is 8.93. The SMILES string of the molecule is CCCCCC1CCC(c2ccc(-c3ccc(-c4ccc(C)c(F)c4F)cc3)c(F)c2F)OC1. The van der Waals surface area contributed by atoms with Crippen molar-refractivity contribution in [3.8, 4) is 22.3 Å². The minimum atomic E-state index is -0.925. The Balaban J connectivity index is 1.50. The van der Waals surface area contributed by atoms with E-state index in [0.29, 0.717) is 30.1 Å². The summed E-state index contributed by atoms with van der Waals surface area (Å²) in [5.41, 5.74) is 1.64. The third-order valence-electron chi connectivity index (χ3n) is 6.83. The highest BCUT2D eigenvalue weighted by atomic mass is 19.2. The molecule has 0 amide bonds. The van der Waals surface area contributed by atoms with Gasteiger partial charge in [-0.15, -0.1) is 0 Å². The van der Waals surface area contributed by atoms with Crippen LogP contribution in [0.2, 0.25) is 0 Å². The minimum absolute atomic E-state index is 0.122. The van der Waals surface area contributed by atoms with Crippen LogP contribution < -0.4 is 0 Å². The van der Waals surface area contributed by atoms with Gasteiger partial charge in [0.25, 0.3) is 0 Å². The van der Waals surface area contributed by atoms with Gasteiger partial charge in [0, 0.05) is 16.7 Å².